The zero-order valence-corrected chi connectivity index (χ0v) is 14.0. The summed E-state index contributed by atoms with van der Waals surface area (Å²) in [6, 6.07) is 7.69. The van der Waals surface area contributed by atoms with Gasteiger partial charge in [0.1, 0.15) is 5.75 Å². The fourth-order valence-electron chi connectivity index (χ4n) is 2.77. The minimum absolute atomic E-state index is 0.0288. The Labute approximate surface area is 137 Å². The fourth-order valence-corrected chi connectivity index (χ4v) is 2.77. The molecule has 23 heavy (non-hydrogen) atoms. The molecule has 0 unspecified atom stereocenters. The lowest BCUT2D eigenvalue weighted by Crippen LogP contribution is -2.55. The van der Waals surface area contributed by atoms with Crippen LogP contribution in [0.2, 0.25) is 0 Å². The highest BCUT2D eigenvalue weighted by atomic mass is 16.5. The molecule has 1 aromatic carbocycles. The van der Waals surface area contributed by atoms with E-state index >= 15 is 0 Å². The minimum Gasteiger partial charge on any atom is -0.484 e. The van der Waals surface area contributed by atoms with Crippen LogP contribution < -0.4 is 10.1 Å². The van der Waals surface area contributed by atoms with Gasteiger partial charge in [0, 0.05) is 0 Å². The lowest BCUT2D eigenvalue weighted by molar-refractivity contribution is -0.140. The van der Waals surface area contributed by atoms with Gasteiger partial charge >= 0.3 is 5.97 Å². The summed E-state index contributed by atoms with van der Waals surface area (Å²) in [6.45, 7) is 6.31. The van der Waals surface area contributed by atoms with Crippen LogP contribution in [0.4, 0.5) is 0 Å². The third-order valence-electron chi connectivity index (χ3n) is 4.30. The fraction of sp³-hybridized carbons (Fsp3) is 0.556. The summed E-state index contributed by atoms with van der Waals surface area (Å²) in [6.07, 6.45) is 2.35. The quantitative estimate of drug-likeness (QED) is 0.845. The van der Waals surface area contributed by atoms with Crippen molar-refractivity contribution in [3.8, 4) is 5.75 Å². The molecule has 5 nitrogen and oxygen atoms in total. The van der Waals surface area contributed by atoms with Crippen LogP contribution in [0.15, 0.2) is 24.3 Å². The van der Waals surface area contributed by atoms with Gasteiger partial charge in [0.15, 0.2) is 6.61 Å². The highest BCUT2D eigenvalue weighted by Gasteiger charge is 2.40. The number of carbonyl (C=O) groups is 2. The second-order valence-electron chi connectivity index (χ2n) is 7.32. The summed E-state index contributed by atoms with van der Waals surface area (Å²) in [5.41, 5.74) is 0.690. The molecule has 1 fully saturated rings. The number of aliphatic carboxylic acids is 1. The van der Waals surface area contributed by atoms with Crippen LogP contribution in [0, 0.1) is 0 Å². The second-order valence-corrected chi connectivity index (χ2v) is 7.32. The Bertz CT molecular complexity index is 568. The van der Waals surface area contributed by atoms with Crippen molar-refractivity contribution in [3.05, 3.63) is 29.8 Å². The Morgan fingerprint density at radius 1 is 1.22 bits per heavy atom. The Hall–Kier alpha value is -2.04. The molecule has 1 aromatic rings. The molecule has 0 saturated heterocycles. The van der Waals surface area contributed by atoms with Crippen molar-refractivity contribution in [1.29, 1.82) is 0 Å². The molecule has 0 spiro atoms. The summed E-state index contributed by atoms with van der Waals surface area (Å²) in [4.78, 5) is 22.9. The van der Waals surface area contributed by atoms with Crippen LogP contribution >= 0.6 is 0 Å². The van der Waals surface area contributed by atoms with E-state index in [9.17, 15) is 9.59 Å². The zero-order valence-electron chi connectivity index (χ0n) is 14.0. The number of hydrogen-bond donors (Lipinski definition) is 2. The maximum atomic E-state index is 12.0. The molecule has 0 aliphatic heterocycles. The summed E-state index contributed by atoms with van der Waals surface area (Å²) < 4.78 is 5.50. The van der Waals surface area contributed by atoms with Crippen molar-refractivity contribution < 1.29 is 19.4 Å². The number of hydrogen-bond acceptors (Lipinski definition) is 3. The molecule has 0 atom stereocenters. The van der Waals surface area contributed by atoms with Gasteiger partial charge in [0.2, 0.25) is 0 Å². The van der Waals surface area contributed by atoms with Gasteiger partial charge in [-0.25, -0.2) is 0 Å². The van der Waals surface area contributed by atoms with E-state index < -0.39 is 11.5 Å². The number of benzene rings is 1. The van der Waals surface area contributed by atoms with Crippen molar-refractivity contribution in [2.75, 3.05) is 6.61 Å². The average Bonchev–Trinajstić information content (AvgIpc) is 2.41. The molecule has 1 aliphatic carbocycles. The summed E-state index contributed by atoms with van der Waals surface area (Å²) in [7, 11) is 0. The van der Waals surface area contributed by atoms with Gasteiger partial charge in [0.05, 0.1) is 12.0 Å². The smallest absolute Gasteiger partial charge is 0.305 e. The third-order valence-corrected chi connectivity index (χ3v) is 4.30. The van der Waals surface area contributed by atoms with Gasteiger partial charge < -0.3 is 15.2 Å². The first-order valence-electron chi connectivity index (χ1n) is 7.96. The first-order chi connectivity index (χ1) is 10.7. The largest absolute Gasteiger partial charge is 0.484 e. The minimum atomic E-state index is -0.885. The number of ether oxygens (including phenoxy) is 1. The van der Waals surface area contributed by atoms with Gasteiger partial charge in [-0.3, -0.25) is 9.59 Å². The summed E-state index contributed by atoms with van der Waals surface area (Å²) in [5, 5.41) is 11.8. The first-order valence-corrected chi connectivity index (χ1v) is 7.96. The number of nitrogens with one attached hydrogen (secondary N) is 1. The van der Waals surface area contributed by atoms with Crippen LogP contribution in [0.3, 0.4) is 0 Å². The van der Waals surface area contributed by atoms with Crippen LogP contribution in [0.25, 0.3) is 0 Å². The number of carbonyl (C=O) groups excluding carboxylic acids is 1. The van der Waals surface area contributed by atoms with Gasteiger partial charge in [0.25, 0.3) is 5.91 Å². The third kappa shape index (κ3) is 4.71. The Kier molecular flexibility index (Phi) is 4.97. The monoisotopic (exact) mass is 319 g/mol. The first kappa shape index (κ1) is 17.3. The van der Waals surface area contributed by atoms with E-state index in [-0.39, 0.29) is 24.3 Å². The van der Waals surface area contributed by atoms with E-state index in [2.05, 4.69) is 26.1 Å². The van der Waals surface area contributed by atoms with Crippen LogP contribution in [-0.2, 0) is 15.0 Å². The Morgan fingerprint density at radius 2 is 1.83 bits per heavy atom. The van der Waals surface area contributed by atoms with E-state index in [1.165, 1.54) is 5.56 Å². The molecule has 1 saturated carbocycles. The van der Waals surface area contributed by atoms with Crippen molar-refractivity contribution in [2.24, 2.45) is 0 Å². The molecule has 0 aromatic heterocycles. The number of rotatable bonds is 6. The van der Waals surface area contributed by atoms with E-state index in [0.29, 0.717) is 18.6 Å². The molecule has 0 bridgehead atoms. The van der Waals surface area contributed by atoms with Crippen LogP contribution in [0.1, 0.15) is 52.0 Å². The molecule has 0 heterocycles. The maximum absolute atomic E-state index is 12.0. The summed E-state index contributed by atoms with van der Waals surface area (Å²) >= 11 is 0. The van der Waals surface area contributed by atoms with Gasteiger partial charge in [-0.05, 0) is 42.4 Å². The molecular formula is C18H25NO4. The average molecular weight is 319 g/mol. The second kappa shape index (κ2) is 6.60. The normalized spacial score (nSPS) is 16.3. The highest BCUT2D eigenvalue weighted by Crippen LogP contribution is 2.34. The Balaban J connectivity index is 1.86. The lowest BCUT2D eigenvalue weighted by Gasteiger charge is -2.41. The molecule has 2 N–H and O–H groups in total. The number of amides is 1. The molecule has 2 rings (SSSR count). The Morgan fingerprint density at radius 3 is 2.26 bits per heavy atom. The van der Waals surface area contributed by atoms with E-state index in [1.807, 2.05) is 24.3 Å². The predicted octanol–water partition coefficient (Wildman–Crippen LogP) is 2.88. The van der Waals surface area contributed by atoms with E-state index in [0.717, 1.165) is 6.42 Å². The van der Waals surface area contributed by atoms with Crippen LogP contribution in [-0.4, -0.2) is 29.1 Å². The number of carboxylic acids is 1. The highest BCUT2D eigenvalue weighted by molar-refractivity contribution is 5.80. The molecular weight excluding hydrogens is 294 g/mol. The van der Waals surface area contributed by atoms with Crippen LogP contribution in [0.5, 0.6) is 5.75 Å². The maximum Gasteiger partial charge on any atom is 0.305 e. The van der Waals surface area contributed by atoms with Gasteiger partial charge in [-0.2, -0.15) is 0 Å². The van der Waals surface area contributed by atoms with E-state index in [4.69, 9.17) is 9.84 Å². The van der Waals surface area contributed by atoms with E-state index in [1.54, 1.807) is 0 Å². The van der Waals surface area contributed by atoms with Gasteiger partial charge in [-0.15, -0.1) is 0 Å². The molecule has 0 radical (unpaired) electrons. The van der Waals surface area contributed by atoms with Crippen molar-refractivity contribution in [1.82, 2.24) is 5.32 Å². The molecule has 5 heteroatoms. The van der Waals surface area contributed by atoms with Crippen molar-refractivity contribution in [2.45, 2.75) is 57.4 Å². The topological polar surface area (TPSA) is 75.6 Å². The predicted molar refractivity (Wildman–Crippen MR) is 87.6 cm³/mol. The van der Waals surface area contributed by atoms with Gasteiger partial charge in [-0.1, -0.05) is 32.9 Å². The summed E-state index contributed by atoms with van der Waals surface area (Å²) in [5.74, 6) is -0.524. The standard InChI is InChI=1S/C18H25NO4/c1-17(2,3)13-5-7-14(8-6-13)23-12-15(20)19-18(9-4-10-18)11-16(21)22/h5-8H,4,9-12H2,1-3H3,(H,19,20)(H,21,22). The molecule has 1 amide bonds. The van der Waals surface area contributed by atoms with Crippen molar-refractivity contribution in [3.63, 3.8) is 0 Å². The molecule has 126 valence electrons. The zero-order chi connectivity index (χ0) is 17.1. The number of carboxylic acid groups (broad SMARTS) is 1. The SMILES string of the molecule is CC(C)(C)c1ccc(OCC(=O)NC2(CC(=O)O)CCC2)cc1. The lowest BCUT2D eigenvalue weighted by atomic mass is 9.74. The molecule has 1 aliphatic rings. The van der Waals surface area contributed by atoms with Crippen molar-refractivity contribution >= 4 is 11.9 Å².